The molecule has 3 aliphatic rings. The summed E-state index contributed by atoms with van der Waals surface area (Å²) in [6.07, 6.45) is 6.00. The van der Waals surface area contributed by atoms with Gasteiger partial charge in [0.1, 0.15) is 5.82 Å². The molecule has 1 unspecified atom stereocenters. The monoisotopic (exact) mass is 417 g/mol. The van der Waals surface area contributed by atoms with Crippen molar-refractivity contribution in [2.45, 2.75) is 44.6 Å². The van der Waals surface area contributed by atoms with Crippen LogP contribution in [0.1, 0.15) is 38.5 Å². The molecule has 2 amide bonds. The number of amides is 2. The van der Waals surface area contributed by atoms with Crippen LogP contribution in [-0.2, 0) is 23.7 Å². The lowest BCUT2D eigenvalue weighted by atomic mass is 9.94. The van der Waals surface area contributed by atoms with Crippen molar-refractivity contribution in [3.63, 3.8) is 0 Å². The SMILES string of the molecule is Cn1c(N2CCN(C(=O)C3CC(=O)N(C4CCCCC4)C3)CC2)cc(=O)n(C)c1=O. The average molecular weight is 418 g/mol. The van der Waals surface area contributed by atoms with Crippen LogP contribution in [0.4, 0.5) is 5.82 Å². The largest absolute Gasteiger partial charge is 0.354 e. The zero-order valence-corrected chi connectivity index (χ0v) is 17.9. The van der Waals surface area contributed by atoms with E-state index in [2.05, 4.69) is 0 Å². The lowest BCUT2D eigenvalue weighted by molar-refractivity contribution is -0.136. The highest BCUT2D eigenvalue weighted by Gasteiger charge is 2.40. The molecule has 1 aliphatic carbocycles. The Hall–Kier alpha value is -2.58. The van der Waals surface area contributed by atoms with E-state index >= 15 is 0 Å². The summed E-state index contributed by atoms with van der Waals surface area (Å²) in [5, 5.41) is 0. The maximum atomic E-state index is 13.1. The summed E-state index contributed by atoms with van der Waals surface area (Å²) in [7, 11) is 3.11. The van der Waals surface area contributed by atoms with Gasteiger partial charge in [-0.1, -0.05) is 19.3 Å². The summed E-state index contributed by atoms with van der Waals surface area (Å²) in [6.45, 7) is 2.71. The highest BCUT2D eigenvalue weighted by Crippen LogP contribution is 2.29. The molecule has 0 aromatic carbocycles. The van der Waals surface area contributed by atoms with Crippen molar-refractivity contribution in [2.24, 2.45) is 20.0 Å². The summed E-state index contributed by atoms with van der Waals surface area (Å²) in [5.41, 5.74) is -0.692. The topological polar surface area (TPSA) is 87.9 Å². The molecule has 0 radical (unpaired) electrons. The first kappa shape index (κ1) is 20.7. The normalized spacial score (nSPS) is 23.3. The predicted molar refractivity (Wildman–Crippen MR) is 112 cm³/mol. The zero-order chi connectivity index (χ0) is 21.4. The fourth-order valence-electron chi connectivity index (χ4n) is 5.08. The lowest BCUT2D eigenvalue weighted by Crippen LogP contribution is -2.52. The molecule has 2 aliphatic heterocycles. The summed E-state index contributed by atoms with van der Waals surface area (Å²) in [5.74, 6) is 0.502. The molecule has 2 saturated heterocycles. The number of hydrogen-bond acceptors (Lipinski definition) is 5. The number of aromatic nitrogens is 2. The number of hydrogen-bond donors (Lipinski definition) is 0. The van der Waals surface area contributed by atoms with Crippen LogP contribution in [0.15, 0.2) is 15.7 Å². The van der Waals surface area contributed by atoms with Crippen LogP contribution < -0.4 is 16.1 Å². The van der Waals surface area contributed by atoms with E-state index in [1.165, 1.54) is 36.9 Å². The van der Waals surface area contributed by atoms with Gasteiger partial charge in [0.2, 0.25) is 11.8 Å². The Morgan fingerprint density at radius 3 is 2.27 bits per heavy atom. The third-order valence-corrected chi connectivity index (χ3v) is 6.94. The zero-order valence-electron chi connectivity index (χ0n) is 17.9. The number of anilines is 1. The Morgan fingerprint density at radius 2 is 1.60 bits per heavy atom. The van der Waals surface area contributed by atoms with Crippen LogP contribution >= 0.6 is 0 Å². The van der Waals surface area contributed by atoms with Crippen LogP contribution in [0.3, 0.4) is 0 Å². The summed E-state index contributed by atoms with van der Waals surface area (Å²) in [6, 6.07) is 1.78. The van der Waals surface area contributed by atoms with Crippen LogP contribution in [0.25, 0.3) is 0 Å². The summed E-state index contributed by atoms with van der Waals surface area (Å²) in [4.78, 5) is 55.5. The Labute approximate surface area is 175 Å². The fourth-order valence-corrected chi connectivity index (χ4v) is 5.08. The predicted octanol–water partition coefficient (Wildman–Crippen LogP) is -0.0862. The molecule has 9 heteroatoms. The maximum Gasteiger partial charge on any atom is 0.332 e. The minimum atomic E-state index is -0.358. The van der Waals surface area contributed by atoms with E-state index in [1.807, 2.05) is 14.7 Å². The minimum Gasteiger partial charge on any atom is -0.354 e. The van der Waals surface area contributed by atoms with Gasteiger partial charge in [0.15, 0.2) is 0 Å². The van der Waals surface area contributed by atoms with Crippen molar-refractivity contribution in [1.29, 1.82) is 0 Å². The number of rotatable bonds is 3. The molecule has 0 bridgehead atoms. The molecule has 9 nitrogen and oxygen atoms in total. The maximum absolute atomic E-state index is 13.1. The molecular formula is C21H31N5O4. The van der Waals surface area contributed by atoms with Gasteiger partial charge in [0, 0.05) is 65.3 Å². The van der Waals surface area contributed by atoms with E-state index < -0.39 is 0 Å². The number of likely N-dealkylation sites (tertiary alicyclic amines) is 1. The van der Waals surface area contributed by atoms with Gasteiger partial charge < -0.3 is 14.7 Å². The van der Waals surface area contributed by atoms with Crippen LogP contribution in [0.5, 0.6) is 0 Å². The van der Waals surface area contributed by atoms with Crippen molar-refractivity contribution in [1.82, 2.24) is 18.9 Å². The van der Waals surface area contributed by atoms with E-state index in [1.54, 1.807) is 7.05 Å². The van der Waals surface area contributed by atoms with E-state index in [4.69, 9.17) is 0 Å². The number of carbonyl (C=O) groups is 2. The highest BCUT2D eigenvalue weighted by atomic mass is 16.2. The van der Waals surface area contributed by atoms with Crippen molar-refractivity contribution in [3.8, 4) is 0 Å². The second kappa shape index (κ2) is 8.28. The van der Waals surface area contributed by atoms with Gasteiger partial charge in [-0.15, -0.1) is 0 Å². The first-order chi connectivity index (χ1) is 14.4. The van der Waals surface area contributed by atoms with Crippen molar-refractivity contribution in [2.75, 3.05) is 37.6 Å². The molecule has 1 aromatic rings. The minimum absolute atomic E-state index is 0.0548. The van der Waals surface area contributed by atoms with Crippen LogP contribution in [-0.4, -0.2) is 69.5 Å². The van der Waals surface area contributed by atoms with Crippen molar-refractivity contribution < 1.29 is 9.59 Å². The Bertz CT molecular complexity index is 938. The Morgan fingerprint density at radius 1 is 0.933 bits per heavy atom. The molecule has 4 rings (SSSR count). The molecule has 1 saturated carbocycles. The van der Waals surface area contributed by atoms with Gasteiger partial charge in [-0.25, -0.2) is 4.79 Å². The molecule has 1 atom stereocenters. The summed E-state index contributed by atoms with van der Waals surface area (Å²) >= 11 is 0. The first-order valence-electron chi connectivity index (χ1n) is 11.0. The van der Waals surface area contributed by atoms with Gasteiger partial charge in [-0.3, -0.25) is 23.5 Å². The smallest absolute Gasteiger partial charge is 0.332 e. The molecule has 164 valence electrons. The van der Waals surface area contributed by atoms with Gasteiger partial charge in [0.05, 0.1) is 5.92 Å². The van der Waals surface area contributed by atoms with Gasteiger partial charge in [-0.2, -0.15) is 0 Å². The number of carbonyl (C=O) groups excluding carboxylic acids is 2. The van der Waals surface area contributed by atoms with Crippen molar-refractivity contribution >= 4 is 17.6 Å². The third-order valence-electron chi connectivity index (χ3n) is 6.94. The second-order valence-corrected chi connectivity index (χ2v) is 8.79. The third kappa shape index (κ3) is 3.77. The Balaban J connectivity index is 1.38. The quantitative estimate of drug-likeness (QED) is 0.686. The fraction of sp³-hybridized carbons (Fsp3) is 0.714. The van der Waals surface area contributed by atoms with E-state index in [9.17, 15) is 19.2 Å². The van der Waals surface area contributed by atoms with Gasteiger partial charge in [0.25, 0.3) is 5.56 Å². The van der Waals surface area contributed by atoms with E-state index in [0.717, 1.165) is 17.4 Å². The van der Waals surface area contributed by atoms with E-state index in [0.29, 0.717) is 51.0 Å². The Kier molecular flexibility index (Phi) is 5.71. The molecule has 0 N–H and O–H groups in total. The number of nitrogens with zero attached hydrogens (tertiary/aromatic N) is 5. The van der Waals surface area contributed by atoms with Crippen LogP contribution in [0, 0.1) is 5.92 Å². The lowest BCUT2D eigenvalue weighted by Gasteiger charge is -2.37. The van der Waals surface area contributed by atoms with Gasteiger partial charge >= 0.3 is 5.69 Å². The molecule has 1 aromatic heterocycles. The second-order valence-electron chi connectivity index (χ2n) is 8.79. The van der Waals surface area contributed by atoms with Gasteiger partial charge in [-0.05, 0) is 12.8 Å². The molecule has 30 heavy (non-hydrogen) atoms. The number of piperazine rings is 1. The molecule has 3 heterocycles. The van der Waals surface area contributed by atoms with Crippen LogP contribution in [0.2, 0.25) is 0 Å². The first-order valence-corrected chi connectivity index (χ1v) is 11.0. The molecule has 0 spiro atoms. The standard InChI is InChI=1S/C21H31N5O4/c1-22-17(13-18(27)23(2)21(22)30)24-8-10-25(11-9-24)20(29)15-12-19(28)26(14-15)16-6-4-3-5-7-16/h13,15-16H,3-12,14H2,1-2H3. The van der Waals surface area contributed by atoms with Crippen molar-refractivity contribution in [3.05, 3.63) is 26.9 Å². The molecular weight excluding hydrogens is 386 g/mol. The average Bonchev–Trinajstić information content (AvgIpc) is 3.16. The summed E-state index contributed by atoms with van der Waals surface area (Å²) < 4.78 is 2.55. The van der Waals surface area contributed by atoms with E-state index in [-0.39, 0.29) is 29.0 Å². The highest BCUT2D eigenvalue weighted by molar-refractivity contribution is 5.89. The molecule has 3 fully saturated rings.